The van der Waals surface area contributed by atoms with Crippen molar-refractivity contribution >= 4 is 0 Å². The van der Waals surface area contributed by atoms with E-state index in [2.05, 4.69) is 159 Å². The smallest absolute Gasteiger partial charge is 0.0162 e. The average molecular weight is 877 g/mol. The van der Waals surface area contributed by atoms with E-state index in [0.717, 1.165) is 0 Å². The maximum Gasteiger partial charge on any atom is -0.0162 e. The minimum Gasteiger partial charge on any atom is -0.0581 e. The molecule has 7 aromatic rings. The van der Waals surface area contributed by atoms with Crippen LogP contribution in [0, 0.1) is 6.92 Å². The summed E-state index contributed by atoms with van der Waals surface area (Å²) in [4.78, 5) is 0. The summed E-state index contributed by atoms with van der Waals surface area (Å²) in [5.41, 5.74) is 22.8. The second-order valence-corrected chi connectivity index (χ2v) is 21.5. The molecule has 4 saturated carbocycles. The van der Waals surface area contributed by atoms with Crippen LogP contribution in [0.4, 0.5) is 0 Å². The second-order valence-electron chi connectivity index (χ2n) is 21.5. The number of benzene rings is 7. The molecule has 7 aromatic carbocycles. The van der Waals surface area contributed by atoms with Gasteiger partial charge in [-0.1, -0.05) is 186 Å². The Labute approximate surface area is 403 Å². The van der Waals surface area contributed by atoms with Gasteiger partial charge in [0.15, 0.2) is 0 Å². The Morgan fingerprint density at radius 3 is 0.597 bits per heavy atom. The molecule has 0 N–H and O–H groups in total. The molecule has 0 aromatic heterocycles. The van der Waals surface area contributed by atoms with Gasteiger partial charge < -0.3 is 0 Å². The van der Waals surface area contributed by atoms with Gasteiger partial charge in [0.05, 0.1) is 0 Å². The summed E-state index contributed by atoms with van der Waals surface area (Å²) in [5.74, 6) is 2.83. The zero-order chi connectivity index (χ0) is 44.9. The van der Waals surface area contributed by atoms with Crippen LogP contribution in [0.1, 0.15) is 180 Å². The van der Waals surface area contributed by atoms with Crippen molar-refractivity contribution < 1.29 is 0 Å². The van der Waals surface area contributed by atoms with Crippen molar-refractivity contribution in [2.75, 3.05) is 0 Å². The molecule has 0 amide bonds. The molecule has 67 heavy (non-hydrogen) atoms. The Bertz CT molecular complexity index is 2380. The Kier molecular flexibility index (Phi) is 13.4. The van der Waals surface area contributed by atoms with Crippen molar-refractivity contribution in [1.82, 2.24) is 0 Å². The van der Waals surface area contributed by atoms with Crippen LogP contribution in [0.5, 0.6) is 0 Å². The predicted octanol–water partition coefficient (Wildman–Crippen LogP) is 20.2. The molecular formula is C67H72. The molecule has 0 atom stereocenters. The van der Waals surface area contributed by atoms with Crippen molar-refractivity contribution in [2.45, 2.75) is 159 Å². The second kappa shape index (κ2) is 20.4. The van der Waals surface area contributed by atoms with Crippen molar-refractivity contribution in [3.63, 3.8) is 0 Å². The molecule has 4 aliphatic carbocycles. The zero-order valence-electron chi connectivity index (χ0n) is 40.4. The monoisotopic (exact) mass is 877 g/mol. The third-order valence-electron chi connectivity index (χ3n) is 16.9. The molecule has 0 unspecified atom stereocenters. The first-order chi connectivity index (χ1) is 33.1. The summed E-state index contributed by atoms with van der Waals surface area (Å²) in [7, 11) is 0. The van der Waals surface area contributed by atoms with E-state index in [0.29, 0.717) is 23.7 Å². The van der Waals surface area contributed by atoms with Gasteiger partial charge in [-0.15, -0.1) is 0 Å². The average Bonchev–Trinajstić information content (AvgIpc) is 3.41. The van der Waals surface area contributed by atoms with Gasteiger partial charge >= 0.3 is 0 Å². The molecule has 340 valence electrons. The van der Waals surface area contributed by atoms with E-state index in [1.54, 1.807) is 0 Å². The van der Waals surface area contributed by atoms with Crippen molar-refractivity contribution in [1.29, 1.82) is 0 Å². The molecule has 0 saturated heterocycles. The Hall–Kier alpha value is -5.46. The van der Waals surface area contributed by atoms with E-state index in [1.807, 2.05) is 0 Å². The van der Waals surface area contributed by atoms with Crippen LogP contribution in [-0.2, 0) is 0 Å². The molecule has 0 bridgehead atoms. The first kappa shape index (κ1) is 44.1. The van der Waals surface area contributed by atoms with E-state index < -0.39 is 0 Å². The zero-order valence-corrected chi connectivity index (χ0v) is 40.4. The van der Waals surface area contributed by atoms with Crippen LogP contribution < -0.4 is 0 Å². The maximum absolute atomic E-state index is 2.47. The maximum atomic E-state index is 2.47. The van der Waals surface area contributed by atoms with E-state index in [-0.39, 0.29) is 0 Å². The van der Waals surface area contributed by atoms with Crippen molar-refractivity contribution in [3.8, 4) is 66.8 Å². The van der Waals surface area contributed by atoms with Crippen LogP contribution in [0.15, 0.2) is 152 Å². The lowest BCUT2D eigenvalue weighted by molar-refractivity contribution is 0.443. The standard InChI is InChI=1S/C67H72/c1-47-38-60(66-43-62(56-30-22-52(23-31-56)48-14-6-2-7-15-48)41-63(44-66)57-32-24-53(25-33-57)49-16-8-3-9-17-49)40-61(39-47)67-45-64(58-34-26-54(27-35-58)50-18-10-4-11-19-50)42-65(46-67)59-36-28-55(29-37-59)51-20-12-5-13-21-51/h22-46,48-51H,2-21H2,1H3. The third kappa shape index (κ3) is 10.2. The highest BCUT2D eigenvalue weighted by Crippen LogP contribution is 2.42. The largest absolute Gasteiger partial charge is 0.0581 e. The summed E-state index contributed by atoms with van der Waals surface area (Å²) in [6, 6.07) is 60.6. The van der Waals surface area contributed by atoms with Gasteiger partial charge in [0.2, 0.25) is 0 Å². The fourth-order valence-corrected chi connectivity index (χ4v) is 12.9. The Morgan fingerprint density at radius 1 is 0.209 bits per heavy atom. The summed E-state index contributed by atoms with van der Waals surface area (Å²) in [6.45, 7) is 2.28. The number of aryl methyl sites for hydroxylation is 1. The molecule has 0 aliphatic heterocycles. The molecule has 4 aliphatic rings. The van der Waals surface area contributed by atoms with E-state index in [1.165, 1.54) is 223 Å². The van der Waals surface area contributed by atoms with Gasteiger partial charge in [0, 0.05) is 0 Å². The fourth-order valence-electron chi connectivity index (χ4n) is 12.9. The van der Waals surface area contributed by atoms with Gasteiger partial charge in [-0.2, -0.15) is 0 Å². The quantitative estimate of drug-likeness (QED) is 0.128. The number of hydrogen-bond acceptors (Lipinski definition) is 0. The van der Waals surface area contributed by atoms with Gasteiger partial charge in [0.1, 0.15) is 0 Å². The van der Waals surface area contributed by atoms with Gasteiger partial charge in [-0.25, -0.2) is 0 Å². The Morgan fingerprint density at radius 2 is 0.388 bits per heavy atom. The fraction of sp³-hybridized carbons (Fsp3) is 0.373. The Balaban J connectivity index is 0.983. The third-order valence-corrected chi connectivity index (χ3v) is 16.9. The lowest BCUT2D eigenvalue weighted by Crippen LogP contribution is -2.04. The van der Waals surface area contributed by atoms with E-state index in [4.69, 9.17) is 0 Å². The van der Waals surface area contributed by atoms with Crippen LogP contribution in [-0.4, -0.2) is 0 Å². The lowest BCUT2D eigenvalue weighted by Gasteiger charge is -2.22. The molecule has 0 heterocycles. The highest BCUT2D eigenvalue weighted by molar-refractivity contribution is 5.86. The highest BCUT2D eigenvalue weighted by Gasteiger charge is 2.20. The molecule has 0 radical (unpaired) electrons. The van der Waals surface area contributed by atoms with Crippen molar-refractivity contribution in [3.05, 3.63) is 179 Å². The molecule has 4 fully saturated rings. The summed E-state index contributed by atoms with van der Waals surface area (Å²) >= 11 is 0. The number of rotatable bonds is 10. The molecular weight excluding hydrogens is 805 g/mol. The number of hydrogen-bond donors (Lipinski definition) is 0. The topological polar surface area (TPSA) is 0 Å². The van der Waals surface area contributed by atoms with Gasteiger partial charge in [-0.3, -0.25) is 0 Å². The van der Waals surface area contributed by atoms with Crippen LogP contribution in [0.2, 0.25) is 0 Å². The minimum absolute atomic E-state index is 0.707. The first-order valence-electron chi connectivity index (χ1n) is 26.9. The minimum atomic E-state index is 0.707. The summed E-state index contributed by atoms with van der Waals surface area (Å²) < 4.78 is 0. The van der Waals surface area contributed by atoms with Gasteiger partial charge in [0.25, 0.3) is 0 Å². The molecule has 0 nitrogen and oxygen atoms in total. The van der Waals surface area contributed by atoms with Crippen LogP contribution >= 0.6 is 0 Å². The molecule has 11 rings (SSSR count). The van der Waals surface area contributed by atoms with Gasteiger partial charge in [-0.05, 0) is 219 Å². The van der Waals surface area contributed by atoms with Crippen molar-refractivity contribution in [2.24, 2.45) is 0 Å². The van der Waals surface area contributed by atoms with Crippen LogP contribution in [0.25, 0.3) is 66.8 Å². The summed E-state index contributed by atoms with van der Waals surface area (Å²) in [6.07, 6.45) is 27.1. The molecule has 0 spiro atoms. The predicted molar refractivity (Wildman–Crippen MR) is 287 cm³/mol. The SMILES string of the molecule is Cc1cc(-c2cc(-c3ccc(C4CCCCC4)cc3)cc(-c3ccc(C4CCCCC4)cc3)c2)cc(-c2cc(-c3ccc(C4CCCCC4)cc3)cc(-c3ccc(C4CCCCC4)cc3)c2)c1. The normalized spacial score (nSPS) is 18.0. The molecule has 0 heteroatoms. The van der Waals surface area contributed by atoms with E-state index >= 15 is 0 Å². The first-order valence-corrected chi connectivity index (χ1v) is 26.9. The lowest BCUT2D eigenvalue weighted by atomic mass is 9.83. The highest BCUT2D eigenvalue weighted by atomic mass is 14.3. The van der Waals surface area contributed by atoms with Crippen LogP contribution in [0.3, 0.4) is 0 Å². The summed E-state index contributed by atoms with van der Waals surface area (Å²) in [5, 5.41) is 0. The van der Waals surface area contributed by atoms with E-state index in [9.17, 15) is 0 Å².